The zero-order valence-electron chi connectivity index (χ0n) is 13.3. The highest BCUT2D eigenvalue weighted by Crippen LogP contribution is 2.38. The Bertz CT molecular complexity index is 1010. The van der Waals surface area contributed by atoms with E-state index in [0.29, 0.717) is 5.65 Å². The van der Waals surface area contributed by atoms with Gasteiger partial charge in [-0.1, -0.05) is 0 Å². The number of imidazole rings is 1. The summed E-state index contributed by atoms with van der Waals surface area (Å²) in [6, 6.07) is 2.30. The minimum Gasteiger partial charge on any atom is -0.477 e. The number of benzene rings is 1. The van der Waals surface area contributed by atoms with E-state index in [1.165, 1.54) is 27.9 Å². The zero-order chi connectivity index (χ0) is 18.4. The number of fused-ring (bicyclic) bond motifs is 1. The first-order valence-corrected chi connectivity index (χ1v) is 7.86. The van der Waals surface area contributed by atoms with Crippen LogP contribution in [0.15, 0.2) is 36.8 Å². The monoisotopic (exact) mass is 362 g/mol. The predicted molar refractivity (Wildman–Crippen MR) is 85.9 cm³/mol. The van der Waals surface area contributed by atoms with Gasteiger partial charge in [-0.3, -0.25) is 4.40 Å². The summed E-state index contributed by atoms with van der Waals surface area (Å²) < 4.78 is 43.1. The molecule has 4 rings (SSSR count). The van der Waals surface area contributed by atoms with Crippen LogP contribution in [-0.4, -0.2) is 38.2 Å². The average molecular weight is 362 g/mol. The summed E-state index contributed by atoms with van der Waals surface area (Å²) in [7, 11) is 0. The maximum absolute atomic E-state index is 14.2. The molecule has 0 aliphatic carbocycles. The number of nitrogens with zero attached hydrogens (tertiary/aromatic N) is 4. The summed E-state index contributed by atoms with van der Waals surface area (Å²) >= 11 is 0. The van der Waals surface area contributed by atoms with Crippen molar-refractivity contribution in [2.75, 3.05) is 11.4 Å². The number of rotatable bonds is 3. The van der Waals surface area contributed by atoms with Crippen LogP contribution in [0.3, 0.4) is 0 Å². The molecule has 0 amide bonds. The molecule has 26 heavy (non-hydrogen) atoms. The summed E-state index contributed by atoms with van der Waals surface area (Å²) in [5, 5.41) is 9.22. The van der Waals surface area contributed by atoms with E-state index < -0.39 is 29.8 Å². The molecule has 1 aromatic carbocycles. The predicted octanol–water partition coefficient (Wildman–Crippen LogP) is 3.00. The number of anilines is 1. The van der Waals surface area contributed by atoms with Crippen molar-refractivity contribution < 1.29 is 23.1 Å². The quantitative estimate of drug-likeness (QED) is 0.776. The van der Waals surface area contributed by atoms with Crippen LogP contribution in [0.5, 0.6) is 0 Å². The summed E-state index contributed by atoms with van der Waals surface area (Å²) in [6.07, 6.45) is 2.69. The lowest BCUT2D eigenvalue weighted by atomic mass is 10.0. The first-order chi connectivity index (χ1) is 12.4. The molecule has 0 radical (unpaired) electrons. The Balaban J connectivity index is 1.80. The number of hydrogen-bond acceptors (Lipinski definition) is 4. The number of carboxylic acid groups (broad SMARTS) is 1. The Labute approximate surface area is 145 Å². The fourth-order valence-corrected chi connectivity index (χ4v) is 3.29. The smallest absolute Gasteiger partial charge is 0.354 e. The van der Waals surface area contributed by atoms with Crippen LogP contribution < -0.4 is 4.90 Å². The second-order valence-corrected chi connectivity index (χ2v) is 6.09. The summed E-state index contributed by atoms with van der Waals surface area (Å²) in [4.78, 5) is 20.9. The summed E-state index contributed by atoms with van der Waals surface area (Å²) in [5.41, 5.74) is 0.278. The van der Waals surface area contributed by atoms with Crippen LogP contribution >= 0.6 is 0 Å². The van der Waals surface area contributed by atoms with Gasteiger partial charge in [0.05, 0.1) is 31.2 Å². The first-order valence-electron chi connectivity index (χ1n) is 7.86. The van der Waals surface area contributed by atoms with Crippen LogP contribution in [0.2, 0.25) is 0 Å². The van der Waals surface area contributed by atoms with Gasteiger partial charge in [0.2, 0.25) is 0 Å². The van der Waals surface area contributed by atoms with Gasteiger partial charge in [0.1, 0.15) is 23.6 Å². The molecule has 1 aliphatic heterocycles. The maximum Gasteiger partial charge on any atom is 0.354 e. The first kappa shape index (κ1) is 16.4. The average Bonchev–Trinajstić information content (AvgIpc) is 3.19. The van der Waals surface area contributed by atoms with E-state index in [4.69, 9.17) is 0 Å². The van der Waals surface area contributed by atoms with Crippen molar-refractivity contribution in [2.45, 2.75) is 18.6 Å². The van der Waals surface area contributed by atoms with Crippen LogP contribution in [-0.2, 0) is 0 Å². The molecule has 0 unspecified atom stereocenters. The van der Waals surface area contributed by atoms with Crippen molar-refractivity contribution in [3.63, 3.8) is 0 Å². The molecule has 0 saturated carbocycles. The highest BCUT2D eigenvalue weighted by molar-refractivity contribution is 5.86. The van der Waals surface area contributed by atoms with Crippen LogP contribution in [0.4, 0.5) is 19.0 Å². The van der Waals surface area contributed by atoms with Gasteiger partial charge in [0.15, 0.2) is 11.3 Å². The van der Waals surface area contributed by atoms with Crippen molar-refractivity contribution in [2.24, 2.45) is 0 Å². The highest BCUT2D eigenvalue weighted by Gasteiger charge is 2.36. The molecule has 2 atom stereocenters. The molecule has 0 bridgehead atoms. The Morgan fingerprint density at radius 2 is 2.04 bits per heavy atom. The Hall–Kier alpha value is -3.10. The SMILES string of the molecule is O=C(O)c1cnc2cnc(N3C[C@@H](F)C[C@@H]3c3cc(F)ccc3F)cn12. The largest absolute Gasteiger partial charge is 0.477 e. The molecule has 1 fully saturated rings. The fourth-order valence-electron chi connectivity index (χ4n) is 3.29. The lowest BCUT2D eigenvalue weighted by Crippen LogP contribution is -2.25. The number of hydrogen-bond donors (Lipinski definition) is 1. The van der Waals surface area contributed by atoms with E-state index in [1.54, 1.807) is 0 Å². The van der Waals surface area contributed by atoms with Crippen LogP contribution in [0, 0.1) is 11.6 Å². The third-order valence-corrected chi connectivity index (χ3v) is 4.46. The van der Waals surface area contributed by atoms with Gasteiger partial charge in [0, 0.05) is 12.0 Å². The maximum atomic E-state index is 14.2. The zero-order valence-corrected chi connectivity index (χ0v) is 13.3. The van der Waals surface area contributed by atoms with Crippen molar-refractivity contribution in [1.29, 1.82) is 0 Å². The molecule has 3 aromatic rings. The van der Waals surface area contributed by atoms with Gasteiger partial charge in [0.25, 0.3) is 0 Å². The number of carbonyl (C=O) groups is 1. The second kappa shape index (κ2) is 6.01. The molecule has 3 heterocycles. The third-order valence-electron chi connectivity index (χ3n) is 4.46. The number of aromatic nitrogens is 3. The van der Waals surface area contributed by atoms with Gasteiger partial charge < -0.3 is 10.0 Å². The van der Waals surface area contributed by atoms with Crippen molar-refractivity contribution >= 4 is 17.4 Å². The van der Waals surface area contributed by atoms with E-state index in [1.807, 2.05) is 0 Å². The summed E-state index contributed by atoms with van der Waals surface area (Å²) in [6.45, 7) is -0.0593. The molecule has 9 heteroatoms. The topological polar surface area (TPSA) is 70.7 Å². The number of carboxylic acids is 1. The van der Waals surface area contributed by atoms with Crippen LogP contribution in [0.25, 0.3) is 5.65 Å². The molecule has 1 saturated heterocycles. The normalized spacial score (nSPS) is 20.0. The molecule has 134 valence electrons. The van der Waals surface area contributed by atoms with E-state index in [9.17, 15) is 23.1 Å². The third kappa shape index (κ3) is 2.65. The van der Waals surface area contributed by atoms with E-state index >= 15 is 0 Å². The van der Waals surface area contributed by atoms with E-state index in [0.717, 1.165) is 18.2 Å². The molecular weight excluding hydrogens is 349 g/mol. The lowest BCUT2D eigenvalue weighted by Gasteiger charge is -2.26. The Kier molecular flexibility index (Phi) is 3.78. The number of halogens is 3. The fraction of sp³-hybridized carbons (Fsp3) is 0.235. The Morgan fingerprint density at radius 3 is 2.81 bits per heavy atom. The molecule has 0 spiro atoms. The van der Waals surface area contributed by atoms with E-state index in [2.05, 4.69) is 9.97 Å². The summed E-state index contributed by atoms with van der Waals surface area (Å²) in [5.74, 6) is -2.17. The number of alkyl halides is 1. The molecular formula is C17H13F3N4O2. The van der Waals surface area contributed by atoms with Gasteiger partial charge >= 0.3 is 5.97 Å². The molecule has 2 aromatic heterocycles. The molecule has 1 N–H and O–H groups in total. The minimum absolute atomic E-state index is 0.0180. The Morgan fingerprint density at radius 1 is 1.23 bits per heavy atom. The van der Waals surface area contributed by atoms with Gasteiger partial charge in [-0.15, -0.1) is 0 Å². The standard InChI is InChI=1S/C17H13F3N4O2/c18-9-1-2-12(20)11(3-9)13-4-10(19)7-23(13)16-8-24-14(17(25)26)5-21-15(24)6-22-16/h1-3,5-6,8,10,13H,4,7H2,(H,25,26)/t10-,13+/m0/s1. The van der Waals surface area contributed by atoms with Gasteiger partial charge in [-0.2, -0.15) is 0 Å². The van der Waals surface area contributed by atoms with Crippen LogP contribution in [0.1, 0.15) is 28.5 Å². The second-order valence-electron chi connectivity index (χ2n) is 6.09. The number of aromatic carboxylic acids is 1. The highest BCUT2D eigenvalue weighted by atomic mass is 19.1. The van der Waals surface area contributed by atoms with Crippen molar-refractivity contribution in [3.05, 3.63) is 59.7 Å². The van der Waals surface area contributed by atoms with E-state index in [-0.39, 0.29) is 30.0 Å². The van der Waals surface area contributed by atoms with Crippen molar-refractivity contribution in [1.82, 2.24) is 14.4 Å². The minimum atomic E-state index is -1.25. The molecule has 1 aliphatic rings. The van der Waals surface area contributed by atoms with Gasteiger partial charge in [-0.25, -0.2) is 27.9 Å². The van der Waals surface area contributed by atoms with Gasteiger partial charge in [-0.05, 0) is 18.2 Å². The lowest BCUT2D eigenvalue weighted by molar-refractivity contribution is 0.0689. The van der Waals surface area contributed by atoms with Crippen molar-refractivity contribution in [3.8, 4) is 0 Å². The molecule has 6 nitrogen and oxygen atoms in total.